The van der Waals surface area contributed by atoms with Gasteiger partial charge in [0.2, 0.25) is 0 Å². The van der Waals surface area contributed by atoms with Crippen molar-refractivity contribution >= 4 is 11.3 Å². The van der Waals surface area contributed by atoms with Gasteiger partial charge in [-0.05, 0) is 56.0 Å². The highest BCUT2D eigenvalue weighted by molar-refractivity contribution is 7.09. The first-order chi connectivity index (χ1) is 8.40. The summed E-state index contributed by atoms with van der Waals surface area (Å²) in [6.07, 6.45) is 9.63. The number of hydrogen-bond acceptors (Lipinski definition) is 2. The Balaban J connectivity index is 1.79. The highest BCUT2D eigenvalue weighted by atomic mass is 32.1. The van der Waals surface area contributed by atoms with E-state index in [4.69, 9.17) is 0 Å². The van der Waals surface area contributed by atoms with Crippen molar-refractivity contribution in [3.05, 3.63) is 22.4 Å². The van der Waals surface area contributed by atoms with Gasteiger partial charge in [0.1, 0.15) is 0 Å². The van der Waals surface area contributed by atoms with Gasteiger partial charge in [0.25, 0.3) is 0 Å². The summed E-state index contributed by atoms with van der Waals surface area (Å²) in [6, 6.07) is 5.25. The van der Waals surface area contributed by atoms with Crippen LogP contribution < -0.4 is 5.32 Å². The van der Waals surface area contributed by atoms with Crippen molar-refractivity contribution < 1.29 is 0 Å². The zero-order valence-electron chi connectivity index (χ0n) is 11.0. The van der Waals surface area contributed by atoms with Crippen LogP contribution in [0.25, 0.3) is 0 Å². The van der Waals surface area contributed by atoms with E-state index in [1.165, 1.54) is 51.5 Å². The molecular weight excluding hydrogens is 226 g/mol. The topological polar surface area (TPSA) is 12.0 Å². The molecule has 0 radical (unpaired) electrons. The van der Waals surface area contributed by atoms with E-state index >= 15 is 0 Å². The molecule has 1 N–H and O–H groups in total. The van der Waals surface area contributed by atoms with Gasteiger partial charge in [0, 0.05) is 10.9 Å². The Kier molecular flexibility index (Phi) is 5.53. The van der Waals surface area contributed by atoms with Crippen LogP contribution >= 0.6 is 11.3 Å². The zero-order valence-corrected chi connectivity index (χ0v) is 11.8. The van der Waals surface area contributed by atoms with Gasteiger partial charge in [-0.3, -0.25) is 0 Å². The van der Waals surface area contributed by atoms with Gasteiger partial charge in [0.15, 0.2) is 0 Å². The maximum Gasteiger partial charge on any atom is 0.00954 e. The number of hydrogen-bond donors (Lipinski definition) is 1. The first-order valence-corrected chi connectivity index (χ1v) is 8.04. The SMILES string of the molecule is CCCNC1CCCCC1CCc1cccs1. The van der Waals surface area contributed by atoms with Gasteiger partial charge in [-0.25, -0.2) is 0 Å². The van der Waals surface area contributed by atoms with Crippen molar-refractivity contribution in [2.45, 2.75) is 57.9 Å². The lowest BCUT2D eigenvalue weighted by Crippen LogP contribution is -2.39. The summed E-state index contributed by atoms with van der Waals surface area (Å²) >= 11 is 1.91. The molecule has 1 aromatic rings. The number of rotatable bonds is 6. The van der Waals surface area contributed by atoms with Crippen LogP contribution in [0.2, 0.25) is 0 Å². The van der Waals surface area contributed by atoms with Crippen LogP contribution in [0.1, 0.15) is 50.3 Å². The Morgan fingerprint density at radius 2 is 2.24 bits per heavy atom. The third-order valence-corrected chi connectivity index (χ3v) is 4.84. The molecule has 1 fully saturated rings. The van der Waals surface area contributed by atoms with Crippen LogP contribution in [-0.2, 0) is 6.42 Å². The van der Waals surface area contributed by atoms with Gasteiger partial charge in [0.05, 0.1) is 0 Å². The van der Waals surface area contributed by atoms with Crippen molar-refractivity contribution in [3.8, 4) is 0 Å². The third kappa shape index (κ3) is 4.11. The molecule has 2 atom stereocenters. The Hall–Kier alpha value is -0.340. The summed E-state index contributed by atoms with van der Waals surface area (Å²) < 4.78 is 0. The second kappa shape index (κ2) is 7.17. The van der Waals surface area contributed by atoms with E-state index in [0.717, 1.165) is 12.0 Å². The van der Waals surface area contributed by atoms with Gasteiger partial charge < -0.3 is 5.32 Å². The van der Waals surface area contributed by atoms with E-state index in [-0.39, 0.29) is 0 Å². The molecule has 17 heavy (non-hydrogen) atoms. The Labute approximate surface area is 110 Å². The standard InChI is InChI=1S/C15H25NS/c1-2-11-16-15-8-4-3-6-13(15)9-10-14-7-5-12-17-14/h5,7,12-13,15-16H,2-4,6,8-11H2,1H3. The maximum atomic E-state index is 3.75. The minimum absolute atomic E-state index is 0.795. The minimum Gasteiger partial charge on any atom is -0.314 e. The molecule has 0 spiro atoms. The van der Waals surface area contributed by atoms with Crippen molar-refractivity contribution in [1.82, 2.24) is 5.32 Å². The van der Waals surface area contributed by atoms with E-state index < -0.39 is 0 Å². The number of aryl methyl sites for hydroxylation is 1. The predicted molar refractivity (Wildman–Crippen MR) is 76.7 cm³/mol. The molecule has 1 aromatic heterocycles. The van der Waals surface area contributed by atoms with Crippen molar-refractivity contribution in [1.29, 1.82) is 0 Å². The molecular formula is C15H25NS. The summed E-state index contributed by atoms with van der Waals surface area (Å²) in [6.45, 7) is 3.46. The van der Waals surface area contributed by atoms with Gasteiger partial charge >= 0.3 is 0 Å². The number of nitrogens with one attached hydrogen (secondary N) is 1. The Bertz CT molecular complexity index is 294. The van der Waals surface area contributed by atoms with E-state index in [2.05, 4.69) is 29.8 Å². The molecule has 0 saturated heterocycles. The summed E-state index contributed by atoms with van der Waals surface area (Å²) in [5.41, 5.74) is 0. The lowest BCUT2D eigenvalue weighted by Gasteiger charge is -2.32. The average molecular weight is 251 g/mol. The molecule has 2 heteroatoms. The second-order valence-corrected chi connectivity index (χ2v) is 6.26. The fourth-order valence-corrected chi connectivity index (χ4v) is 3.66. The fourth-order valence-electron chi connectivity index (χ4n) is 2.93. The number of thiophene rings is 1. The zero-order chi connectivity index (χ0) is 11.9. The van der Waals surface area contributed by atoms with Crippen LogP contribution in [0.3, 0.4) is 0 Å². The Morgan fingerprint density at radius 3 is 3.00 bits per heavy atom. The van der Waals surface area contributed by atoms with Crippen LogP contribution in [0.4, 0.5) is 0 Å². The summed E-state index contributed by atoms with van der Waals surface area (Å²) in [7, 11) is 0. The fraction of sp³-hybridized carbons (Fsp3) is 0.733. The van der Waals surface area contributed by atoms with Crippen LogP contribution in [-0.4, -0.2) is 12.6 Å². The molecule has 0 amide bonds. The van der Waals surface area contributed by atoms with Gasteiger partial charge in [-0.15, -0.1) is 11.3 Å². The highest BCUT2D eigenvalue weighted by Crippen LogP contribution is 2.28. The summed E-state index contributed by atoms with van der Waals surface area (Å²) in [5, 5.41) is 5.95. The second-order valence-electron chi connectivity index (χ2n) is 5.22. The molecule has 0 aromatic carbocycles. The van der Waals surface area contributed by atoms with E-state index in [9.17, 15) is 0 Å². The molecule has 1 aliphatic rings. The largest absolute Gasteiger partial charge is 0.314 e. The van der Waals surface area contributed by atoms with Crippen molar-refractivity contribution in [2.75, 3.05) is 6.54 Å². The first kappa shape index (κ1) is 13.1. The average Bonchev–Trinajstić information content (AvgIpc) is 2.88. The van der Waals surface area contributed by atoms with Crippen LogP contribution in [0.5, 0.6) is 0 Å². The van der Waals surface area contributed by atoms with Gasteiger partial charge in [-0.1, -0.05) is 25.8 Å². The quantitative estimate of drug-likeness (QED) is 0.797. The van der Waals surface area contributed by atoms with Crippen molar-refractivity contribution in [3.63, 3.8) is 0 Å². The Morgan fingerprint density at radius 1 is 1.35 bits per heavy atom. The molecule has 1 saturated carbocycles. The van der Waals surface area contributed by atoms with Crippen LogP contribution in [0, 0.1) is 5.92 Å². The molecule has 2 rings (SSSR count). The first-order valence-electron chi connectivity index (χ1n) is 7.16. The molecule has 1 aliphatic carbocycles. The lowest BCUT2D eigenvalue weighted by atomic mass is 9.81. The maximum absolute atomic E-state index is 3.75. The van der Waals surface area contributed by atoms with Gasteiger partial charge in [-0.2, -0.15) is 0 Å². The predicted octanol–water partition coefficient (Wildman–Crippen LogP) is 4.24. The molecule has 1 heterocycles. The smallest absolute Gasteiger partial charge is 0.00954 e. The molecule has 2 unspecified atom stereocenters. The highest BCUT2D eigenvalue weighted by Gasteiger charge is 2.23. The van der Waals surface area contributed by atoms with Crippen LogP contribution in [0.15, 0.2) is 17.5 Å². The van der Waals surface area contributed by atoms with E-state index in [1.54, 1.807) is 4.88 Å². The lowest BCUT2D eigenvalue weighted by molar-refractivity contribution is 0.250. The summed E-state index contributed by atoms with van der Waals surface area (Å²) in [5.74, 6) is 0.914. The normalized spacial score (nSPS) is 25.0. The molecule has 96 valence electrons. The third-order valence-electron chi connectivity index (χ3n) is 3.91. The molecule has 1 nitrogen and oxygen atoms in total. The molecule has 0 bridgehead atoms. The van der Waals surface area contributed by atoms with Crippen molar-refractivity contribution in [2.24, 2.45) is 5.92 Å². The van der Waals surface area contributed by atoms with E-state index in [1.807, 2.05) is 11.3 Å². The minimum atomic E-state index is 0.795. The monoisotopic (exact) mass is 251 g/mol. The molecule has 0 aliphatic heterocycles. The van der Waals surface area contributed by atoms with E-state index in [0.29, 0.717) is 0 Å². The summed E-state index contributed by atoms with van der Waals surface area (Å²) in [4.78, 5) is 1.56.